The van der Waals surface area contributed by atoms with Gasteiger partial charge in [0.1, 0.15) is 0 Å². The van der Waals surface area contributed by atoms with E-state index in [0.717, 1.165) is 39.3 Å². The Kier molecular flexibility index (Phi) is 6.09. The monoisotopic (exact) mass is 256 g/mol. The molecule has 0 amide bonds. The van der Waals surface area contributed by atoms with Crippen molar-refractivity contribution in [3.63, 3.8) is 0 Å². The Morgan fingerprint density at radius 2 is 1.83 bits per heavy atom. The number of hydrogen-bond donors (Lipinski definition) is 1. The highest BCUT2D eigenvalue weighted by atomic mass is 16.5. The van der Waals surface area contributed by atoms with Gasteiger partial charge >= 0.3 is 0 Å². The van der Waals surface area contributed by atoms with Crippen molar-refractivity contribution >= 4 is 0 Å². The van der Waals surface area contributed by atoms with Gasteiger partial charge in [0.15, 0.2) is 0 Å². The average molecular weight is 256 g/mol. The van der Waals surface area contributed by atoms with Crippen molar-refractivity contribution < 1.29 is 4.74 Å². The zero-order valence-electron chi connectivity index (χ0n) is 13.0. The lowest BCUT2D eigenvalue weighted by atomic mass is 9.84. The molecule has 1 saturated heterocycles. The fourth-order valence-electron chi connectivity index (χ4n) is 2.98. The van der Waals surface area contributed by atoms with Crippen LogP contribution in [0.2, 0.25) is 0 Å². The number of hydrogen-bond acceptors (Lipinski definition) is 3. The number of nitrogens with zero attached hydrogens (tertiary/aromatic N) is 1. The Bertz CT molecular complexity index is 237. The Labute approximate surface area is 113 Å². The van der Waals surface area contributed by atoms with Gasteiger partial charge in [0, 0.05) is 43.9 Å². The van der Waals surface area contributed by atoms with Crippen LogP contribution in [0.15, 0.2) is 0 Å². The van der Waals surface area contributed by atoms with Gasteiger partial charge in [-0.3, -0.25) is 4.90 Å². The smallest absolute Gasteiger partial charge is 0.0478 e. The van der Waals surface area contributed by atoms with Crippen LogP contribution in [-0.2, 0) is 4.74 Å². The summed E-state index contributed by atoms with van der Waals surface area (Å²) in [5.74, 6) is 0. The summed E-state index contributed by atoms with van der Waals surface area (Å²) in [6, 6.07) is 0. The zero-order valence-corrected chi connectivity index (χ0v) is 13.0. The third-order valence-electron chi connectivity index (χ3n) is 4.39. The normalized spacial score (nSPS) is 23.2. The molecule has 1 aliphatic rings. The third-order valence-corrected chi connectivity index (χ3v) is 4.39. The van der Waals surface area contributed by atoms with Crippen molar-refractivity contribution in [2.24, 2.45) is 0 Å². The molecule has 0 bridgehead atoms. The number of piperazine rings is 1. The Hall–Kier alpha value is -0.120. The molecular formula is C15H32N2O. The lowest BCUT2D eigenvalue weighted by Gasteiger charge is -2.52. The second-order valence-corrected chi connectivity index (χ2v) is 6.14. The third kappa shape index (κ3) is 3.94. The topological polar surface area (TPSA) is 24.5 Å². The number of ether oxygens (including phenoxy) is 1. The van der Waals surface area contributed by atoms with Crippen LogP contribution in [0.5, 0.6) is 0 Å². The largest absolute Gasteiger partial charge is 0.382 e. The average Bonchev–Trinajstić information content (AvgIpc) is 2.35. The van der Waals surface area contributed by atoms with Gasteiger partial charge in [-0.25, -0.2) is 0 Å². The van der Waals surface area contributed by atoms with Crippen LogP contribution in [0.25, 0.3) is 0 Å². The molecule has 108 valence electrons. The number of nitrogens with one attached hydrogen (secondary N) is 1. The van der Waals surface area contributed by atoms with Gasteiger partial charge in [0.25, 0.3) is 0 Å². The van der Waals surface area contributed by atoms with E-state index in [0.29, 0.717) is 5.54 Å². The maximum Gasteiger partial charge on any atom is 0.0478 e. The highest BCUT2D eigenvalue weighted by Gasteiger charge is 2.41. The van der Waals surface area contributed by atoms with Crippen molar-refractivity contribution in [3.8, 4) is 0 Å². The van der Waals surface area contributed by atoms with Crippen molar-refractivity contribution in [1.29, 1.82) is 0 Å². The highest BCUT2D eigenvalue weighted by molar-refractivity contribution is 5.00. The minimum Gasteiger partial charge on any atom is -0.382 e. The van der Waals surface area contributed by atoms with Gasteiger partial charge in [0.05, 0.1) is 0 Å². The molecule has 0 aromatic heterocycles. The molecule has 0 radical (unpaired) electrons. The van der Waals surface area contributed by atoms with Crippen molar-refractivity contribution in [2.75, 3.05) is 32.8 Å². The maximum atomic E-state index is 5.47. The Balaban J connectivity index is 2.60. The first kappa shape index (κ1) is 15.9. The Morgan fingerprint density at radius 3 is 2.39 bits per heavy atom. The molecule has 0 saturated carbocycles. The summed E-state index contributed by atoms with van der Waals surface area (Å²) in [6.07, 6.45) is 3.59. The quantitative estimate of drug-likeness (QED) is 0.709. The fourth-order valence-corrected chi connectivity index (χ4v) is 2.98. The van der Waals surface area contributed by atoms with Gasteiger partial charge in [-0.15, -0.1) is 0 Å². The van der Waals surface area contributed by atoms with Crippen molar-refractivity contribution in [2.45, 2.75) is 65.0 Å². The summed E-state index contributed by atoms with van der Waals surface area (Å²) in [6.45, 7) is 16.4. The molecule has 1 rings (SSSR count). The van der Waals surface area contributed by atoms with Gasteiger partial charge in [-0.1, -0.05) is 13.8 Å². The van der Waals surface area contributed by atoms with E-state index in [9.17, 15) is 0 Å². The minimum atomic E-state index is 0.236. The summed E-state index contributed by atoms with van der Waals surface area (Å²) in [4.78, 5) is 2.70. The molecule has 1 aliphatic heterocycles. The molecule has 0 atom stereocenters. The molecule has 0 aromatic carbocycles. The number of rotatable bonds is 7. The van der Waals surface area contributed by atoms with E-state index < -0.39 is 0 Å². The predicted octanol–water partition coefficient (Wildman–Crippen LogP) is 2.66. The van der Waals surface area contributed by atoms with Gasteiger partial charge in [-0.2, -0.15) is 0 Å². The molecule has 1 fully saturated rings. The first-order valence-electron chi connectivity index (χ1n) is 7.57. The van der Waals surface area contributed by atoms with Crippen LogP contribution >= 0.6 is 0 Å². The fraction of sp³-hybridized carbons (Fsp3) is 1.00. The van der Waals surface area contributed by atoms with E-state index in [4.69, 9.17) is 4.74 Å². The van der Waals surface area contributed by atoms with Crippen LogP contribution in [0, 0.1) is 0 Å². The van der Waals surface area contributed by atoms with E-state index in [-0.39, 0.29) is 5.54 Å². The van der Waals surface area contributed by atoms with Crippen LogP contribution in [-0.4, -0.2) is 48.8 Å². The first-order valence-corrected chi connectivity index (χ1v) is 7.57. The molecule has 0 unspecified atom stereocenters. The molecule has 1 N–H and O–H groups in total. The van der Waals surface area contributed by atoms with Gasteiger partial charge < -0.3 is 10.1 Å². The molecular weight excluding hydrogens is 224 g/mol. The Morgan fingerprint density at radius 1 is 1.17 bits per heavy atom. The first-order chi connectivity index (χ1) is 8.49. The molecule has 3 nitrogen and oxygen atoms in total. The van der Waals surface area contributed by atoms with E-state index in [2.05, 4.69) is 44.8 Å². The summed E-state index contributed by atoms with van der Waals surface area (Å²) >= 11 is 0. The molecule has 0 spiro atoms. The van der Waals surface area contributed by atoms with Crippen LogP contribution in [0.4, 0.5) is 0 Å². The predicted molar refractivity (Wildman–Crippen MR) is 78.1 cm³/mol. The van der Waals surface area contributed by atoms with Crippen LogP contribution in [0.3, 0.4) is 0 Å². The minimum absolute atomic E-state index is 0.236. The standard InChI is InChI=1S/C15H32N2O/c1-6-15(7-2)12-16-14(4,5)13-17(15)10-9-11-18-8-3/h16H,6-13H2,1-5H3. The summed E-state index contributed by atoms with van der Waals surface area (Å²) in [7, 11) is 0. The van der Waals surface area contributed by atoms with E-state index in [1.165, 1.54) is 12.8 Å². The van der Waals surface area contributed by atoms with Gasteiger partial charge in [-0.05, 0) is 40.0 Å². The second-order valence-electron chi connectivity index (χ2n) is 6.14. The lowest BCUT2D eigenvalue weighted by Crippen LogP contribution is -2.68. The van der Waals surface area contributed by atoms with Crippen LogP contribution in [0.1, 0.15) is 53.9 Å². The zero-order chi connectivity index (χ0) is 13.6. The summed E-state index contributed by atoms with van der Waals surface area (Å²) in [5, 5.41) is 3.71. The summed E-state index contributed by atoms with van der Waals surface area (Å²) in [5.41, 5.74) is 0.585. The van der Waals surface area contributed by atoms with Gasteiger partial charge in [0.2, 0.25) is 0 Å². The van der Waals surface area contributed by atoms with Crippen molar-refractivity contribution in [3.05, 3.63) is 0 Å². The van der Waals surface area contributed by atoms with E-state index in [1.807, 2.05) is 0 Å². The molecule has 1 heterocycles. The molecule has 0 aromatic rings. The van der Waals surface area contributed by atoms with E-state index in [1.54, 1.807) is 0 Å². The lowest BCUT2D eigenvalue weighted by molar-refractivity contribution is 0.00222. The molecule has 18 heavy (non-hydrogen) atoms. The SMILES string of the molecule is CCOCCCN1CC(C)(C)NCC1(CC)CC. The molecule has 0 aliphatic carbocycles. The van der Waals surface area contributed by atoms with Crippen LogP contribution < -0.4 is 5.32 Å². The maximum absolute atomic E-state index is 5.47. The summed E-state index contributed by atoms with van der Waals surface area (Å²) < 4.78 is 5.47. The van der Waals surface area contributed by atoms with Crippen molar-refractivity contribution in [1.82, 2.24) is 10.2 Å². The highest BCUT2D eigenvalue weighted by Crippen LogP contribution is 2.29. The van der Waals surface area contributed by atoms with E-state index >= 15 is 0 Å². The molecule has 3 heteroatoms. The second kappa shape index (κ2) is 6.88.